The molecule has 0 N–H and O–H groups in total. The summed E-state index contributed by atoms with van der Waals surface area (Å²) in [6, 6.07) is 0. The lowest BCUT2D eigenvalue weighted by molar-refractivity contribution is -0.184. The van der Waals surface area contributed by atoms with Gasteiger partial charge in [-0.15, -0.1) is 0 Å². The molecule has 0 saturated heterocycles. The monoisotopic (exact) mass is 364 g/mol. The zero-order chi connectivity index (χ0) is 16.9. The summed E-state index contributed by atoms with van der Waals surface area (Å²) >= 11 is 3.36. The topological polar surface area (TPSA) is 52.6 Å². The first-order valence-corrected chi connectivity index (χ1v) is 8.47. The fourth-order valence-corrected chi connectivity index (χ4v) is 2.04. The van der Waals surface area contributed by atoms with Crippen LogP contribution in [0.3, 0.4) is 0 Å². The molecule has 0 saturated carbocycles. The summed E-state index contributed by atoms with van der Waals surface area (Å²) in [5.74, 6) is -1.03. The maximum absolute atomic E-state index is 12.5. The zero-order valence-corrected chi connectivity index (χ0v) is 15.9. The van der Waals surface area contributed by atoms with E-state index in [1.807, 2.05) is 0 Å². The van der Waals surface area contributed by atoms with Gasteiger partial charge in [-0.3, -0.25) is 9.59 Å². The van der Waals surface area contributed by atoms with Crippen molar-refractivity contribution in [1.29, 1.82) is 0 Å². The van der Waals surface area contributed by atoms with Gasteiger partial charge in [-0.2, -0.15) is 0 Å². The van der Waals surface area contributed by atoms with Gasteiger partial charge in [0.2, 0.25) is 0 Å². The average Bonchev–Trinajstić information content (AvgIpc) is 2.24. The number of rotatable bonds is 6. The van der Waals surface area contributed by atoms with Gasteiger partial charge in [-0.05, 0) is 61.3 Å². The van der Waals surface area contributed by atoms with Crippen molar-refractivity contribution in [1.82, 2.24) is 0 Å². The highest BCUT2D eigenvalue weighted by Gasteiger charge is 2.46. The number of carbonyl (C=O) groups is 2. The number of halogens is 1. The van der Waals surface area contributed by atoms with Crippen molar-refractivity contribution in [2.75, 3.05) is 5.33 Å². The number of esters is 2. The van der Waals surface area contributed by atoms with Crippen LogP contribution in [0.4, 0.5) is 0 Å². The lowest BCUT2D eigenvalue weighted by Gasteiger charge is -2.32. The molecule has 0 aromatic carbocycles. The summed E-state index contributed by atoms with van der Waals surface area (Å²) in [4.78, 5) is 24.9. The van der Waals surface area contributed by atoms with Crippen LogP contribution >= 0.6 is 15.9 Å². The fourth-order valence-electron chi connectivity index (χ4n) is 1.64. The van der Waals surface area contributed by atoms with Gasteiger partial charge in [0.05, 0.1) is 0 Å². The maximum atomic E-state index is 12.5. The number of hydrogen-bond acceptors (Lipinski definition) is 4. The van der Waals surface area contributed by atoms with Crippen LogP contribution in [0.2, 0.25) is 0 Å². The SMILES string of the molecule is CC(C)(C)OC(=O)C(C)(CCCCBr)C(=O)OC(C)(C)C. The van der Waals surface area contributed by atoms with Gasteiger partial charge in [0, 0.05) is 5.33 Å². The summed E-state index contributed by atoms with van der Waals surface area (Å²) in [5, 5.41) is 0.839. The molecule has 0 rings (SSSR count). The van der Waals surface area contributed by atoms with Gasteiger partial charge in [-0.1, -0.05) is 22.4 Å². The van der Waals surface area contributed by atoms with Crippen LogP contribution < -0.4 is 0 Å². The van der Waals surface area contributed by atoms with E-state index in [0.29, 0.717) is 6.42 Å². The normalized spacial score (nSPS) is 13.0. The molecule has 4 nitrogen and oxygen atoms in total. The summed E-state index contributed by atoms with van der Waals surface area (Å²) in [7, 11) is 0. The molecule has 5 heteroatoms. The highest BCUT2D eigenvalue weighted by molar-refractivity contribution is 9.09. The molecule has 0 amide bonds. The van der Waals surface area contributed by atoms with Crippen LogP contribution in [0.15, 0.2) is 0 Å². The second-order valence-corrected chi connectivity index (χ2v) is 8.27. The van der Waals surface area contributed by atoms with E-state index < -0.39 is 28.6 Å². The molecule has 0 radical (unpaired) electrons. The van der Waals surface area contributed by atoms with Crippen molar-refractivity contribution in [3.8, 4) is 0 Å². The maximum Gasteiger partial charge on any atom is 0.323 e. The Morgan fingerprint density at radius 2 is 1.19 bits per heavy atom. The zero-order valence-electron chi connectivity index (χ0n) is 14.3. The van der Waals surface area contributed by atoms with Crippen molar-refractivity contribution in [3.05, 3.63) is 0 Å². The predicted octanol–water partition coefficient (Wildman–Crippen LogP) is 4.24. The van der Waals surface area contributed by atoms with Gasteiger partial charge in [0.25, 0.3) is 0 Å². The minimum atomic E-state index is -1.26. The van der Waals surface area contributed by atoms with Gasteiger partial charge in [0.1, 0.15) is 11.2 Å². The van der Waals surface area contributed by atoms with E-state index in [4.69, 9.17) is 9.47 Å². The van der Waals surface area contributed by atoms with Crippen molar-refractivity contribution < 1.29 is 19.1 Å². The molecule has 0 fully saturated rings. The lowest BCUT2D eigenvalue weighted by atomic mass is 9.84. The number of hydrogen-bond donors (Lipinski definition) is 0. The third-order valence-electron chi connectivity index (χ3n) is 2.76. The van der Waals surface area contributed by atoms with Crippen LogP contribution in [0.25, 0.3) is 0 Å². The highest BCUT2D eigenvalue weighted by Crippen LogP contribution is 2.31. The van der Waals surface area contributed by atoms with Gasteiger partial charge in [-0.25, -0.2) is 0 Å². The summed E-state index contributed by atoms with van der Waals surface area (Å²) < 4.78 is 10.8. The Morgan fingerprint density at radius 3 is 1.48 bits per heavy atom. The Labute approximate surface area is 137 Å². The molecule has 0 aromatic rings. The molecule has 0 heterocycles. The Morgan fingerprint density at radius 1 is 0.810 bits per heavy atom. The Balaban J connectivity index is 5.16. The lowest BCUT2D eigenvalue weighted by Crippen LogP contribution is -2.44. The molecule has 21 heavy (non-hydrogen) atoms. The number of alkyl halides is 1. The first-order valence-electron chi connectivity index (χ1n) is 7.35. The van der Waals surface area contributed by atoms with Crippen molar-refractivity contribution in [2.24, 2.45) is 5.41 Å². The van der Waals surface area contributed by atoms with Crippen molar-refractivity contribution >= 4 is 27.9 Å². The Hall–Kier alpha value is -0.580. The van der Waals surface area contributed by atoms with E-state index in [9.17, 15) is 9.59 Å². The third-order valence-corrected chi connectivity index (χ3v) is 3.32. The molecule has 0 aliphatic rings. The van der Waals surface area contributed by atoms with Gasteiger partial charge < -0.3 is 9.47 Å². The van der Waals surface area contributed by atoms with E-state index in [1.54, 1.807) is 48.5 Å². The van der Waals surface area contributed by atoms with E-state index in [0.717, 1.165) is 18.2 Å². The summed E-state index contributed by atoms with van der Waals surface area (Å²) in [6.45, 7) is 12.4. The smallest absolute Gasteiger partial charge is 0.323 e. The van der Waals surface area contributed by atoms with Gasteiger partial charge in [0.15, 0.2) is 5.41 Å². The molecular formula is C16H29BrO4. The Kier molecular flexibility index (Phi) is 7.40. The highest BCUT2D eigenvalue weighted by atomic mass is 79.9. The number of unbranched alkanes of at least 4 members (excludes halogenated alkanes) is 1. The third kappa shape index (κ3) is 7.84. The van der Waals surface area contributed by atoms with E-state index in [-0.39, 0.29) is 0 Å². The molecule has 0 unspecified atom stereocenters. The summed E-state index contributed by atoms with van der Waals surface area (Å²) in [6.07, 6.45) is 2.06. The molecule has 0 aliphatic carbocycles. The molecular weight excluding hydrogens is 336 g/mol. The standard InChI is InChI=1S/C16H29BrO4/c1-14(2,3)20-12(18)16(7,10-8-9-11-17)13(19)21-15(4,5)6/h8-11H2,1-7H3. The largest absolute Gasteiger partial charge is 0.459 e. The fraction of sp³-hybridized carbons (Fsp3) is 0.875. The first-order chi connectivity index (χ1) is 9.32. The second-order valence-electron chi connectivity index (χ2n) is 7.48. The minimum Gasteiger partial charge on any atom is -0.459 e. The quantitative estimate of drug-likeness (QED) is 0.306. The summed E-state index contributed by atoms with van der Waals surface area (Å²) in [5.41, 5.74) is -2.52. The van der Waals surface area contributed by atoms with E-state index in [2.05, 4.69) is 15.9 Å². The molecule has 0 aliphatic heterocycles. The minimum absolute atomic E-state index is 0.419. The molecule has 124 valence electrons. The van der Waals surface area contributed by atoms with Crippen molar-refractivity contribution in [2.45, 2.75) is 78.9 Å². The van der Waals surface area contributed by atoms with Crippen LogP contribution in [-0.4, -0.2) is 28.5 Å². The average molecular weight is 365 g/mol. The molecule has 0 bridgehead atoms. The van der Waals surface area contributed by atoms with Crippen molar-refractivity contribution in [3.63, 3.8) is 0 Å². The van der Waals surface area contributed by atoms with Gasteiger partial charge >= 0.3 is 11.9 Å². The van der Waals surface area contributed by atoms with Crippen LogP contribution in [0.1, 0.15) is 67.7 Å². The number of carbonyl (C=O) groups excluding carboxylic acids is 2. The van der Waals surface area contributed by atoms with Crippen LogP contribution in [-0.2, 0) is 19.1 Å². The molecule has 0 aromatic heterocycles. The Bertz CT molecular complexity index is 335. The second kappa shape index (κ2) is 7.61. The predicted molar refractivity (Wildman–Crippen MR) is 87.4 cm³/mol. The van der Waals surface area contributed by atoms with Crippen LogP contribution in [0, 0.1) is 5.41 Å². The van der Waals surface area contributed by atoms with Crippen LogP contribution in [0.5, 0.6) is 0 Å². The molecule has 0 atom stereocenters. The molecule has 0 spiro atoms. The number of ether oxygens (including phenoxy) is 2. The van der Waals surface area contributed by atoms with E-state index in [1.165, 1.54) is 0 Å². The van der Waals surface area contributed by atoms with E-state index >= 15 is 0 Å². The first kappa shape index (κ1) is 20.4.